The standard InChI is InChI=1S/C19H19ClO3/c1-14(21)19(12-11-18(22)23,16-5-3-2-4-6-16)13-15-7-9-17(20)10-8-15/h2-10H,11-13H2,1H3,(H,22,23). The van der Waals surface area contributed by atoms with Crippen LogP contribution >= 0.6 is 11.6 Å². The van der Waals surface area contributed by atoms with E-state index in [1.165, 1.54) is 6.92 Å². The average molecular weight is 331 g/mol. The fourth-order valence-electron chi connectivity index (χ4n) is 2.87. The van der Waals surface area contributed by atoms with Crippen LogP contribution in [0.2, 0.25) is 5.02 Å². The van der Waals surface area contributed by atoms with Gasteiger partial charge in [-0.25, -0.2) is 0 Å². The van der Waals surface area contributed by atoms with Crippen molar-refractivity contribution in [3.8, 4) is 0 Å². The van der Waals surface area contributed by atoms with E-state index < -0.39 is 11.4 Å². The summed E-state index contributed by atoms with van der Waals surface area (Å²) in [5, 5.41) is 9.71. The van der Waals surface area contributed by atoms with Crippen LogP contribution in [0.1, 0.15) is 30.9 Å². The van der Waals surface area contributed by atoms with Crippen molar-refractivity contribution in [2.75, 3.05) is 0 Å². The van der Waals surface area contributed by atoms with Crippen LogP contribution in [0.25, 0.3) is 0 Å². The van der Waals surface area contributed by atoms with E-state index >= 15 is 0 Å². The summed E-state index contributed by atoms with van der Waals surface area (Å²) in [7, 11) is 0. The van der Waals surface area contributed by atoms with E-state index in [2.05, 4.69) is 0 Å². The van der Waals surface area contributed by atoms with Crippen LogP contribution in [0.15, 0.2) is 54.6 Å². The van der Waals surface area contributed by atoms with Crippen LogP contribution in [0.4, 0.5) is 0 Å². The Morgan fingerprint density at radius 1 is 1.04 bits per heavy atom. The van der Waals surface area contributed by atoms with Crippen molar-refractivity contribution >= 4 is 23.4 Å². The lowest BCUT2D eigenvalue weighted by atomic mass is 9.69. The number of benzene rings is 2. The molecule has 0 aliphatic heterocycles. The second-order valence-electron chi connectivity index (χ2n) is 5.70. The number of rotatable bonds is 7. The second-order valence-corrected chi connectivity index (χ2v) is 6.14. The summed E-state index contributed by atoms with van der Waals surface area (Å²) in [6.45, 7) is 1.53. The van der Waals surface area contributed by atoms with Crippen LogP contribution in [-0.2, 0) is 21.4 Å². The van der Waals surface area contributed by atoms with Crippen molar-refractivity contribution in [3.63, 3.8) is 0 Å². The van der Waals surface area contributed by atoms with Crippen LogP contribution in [-0.4, -0.2) is 16.9 Å². The molecule has 0 spiro atoms. The Morgan fingerprint density at radius 3 is 2.17 bits per heavy atom. The zero-order valence-corrected chi connectivity index (χ0v) is 13.7. The van der Waals surface area contributed by atoms with E-state index in [-0.39, 0.29) is 18.6 Å². The molecule has 0 aromatic heterocycles. The van der Waals surface area contributed by atoms with Crippen molar-refractivity contribution in [1.82, 2.24) is 0 Å². The summed E-state index contributed by atoms with van der Waals surface area (Å²) in [6.07, 6.45) is 0.670. The number of carboxylic acids is 1. The summed E-state index contributed by atoms with van der Waals surface area (Å²) < 4.78 is 0. The largest absolute Gasteiger partial charge is 0.481 e. The fraction of sp³-hybridized carbons (Fsp3) is 0.263. The highest BCUT2D eigenvalue weighted by molar-refractivity contribution is 6.30. The molecular weight excluding hydrogens is 312 g/mol. The third-order valence-corrected chi connectivity index (χ3v) is 4.44. The Balaban J connectivity index is 2.45. The first-order chi connectivity index (χ1) is 10.9. The minimum absolute atomic E-state index is 0.0279. The normalized spacial score (nSPS) is 13.3. The lowest BCUT2D eigenvalue weighted by molar-refractivity contribution is -0.137. The first kappa shape index (κ1) is 17.2. The number of Topliss-reactive ketones (excluding diaryl/α,β-unsaturated/α-hetero) is 1. The van der Waals surface area contributed by atoms with E-state index in [0.717, 1.165) is 11.1 Å². The molecule has 0 radical (unpaired) electrons. The average Bonchev–Trinajstić information content (AvgIpc) is 2.54. The first-order valence-corrected chi connectivity index (χ1v) is 7.85. The molecule has 0 saturated heterocycles. The Morgan fingerprint density at radius 2 is 1.65 bits per heavy atom. The van der Waals surface area contributed by atoms with Gasteiger partial charge in [0.2, 0.25) is 0 Å². The van der Waals surface area contributed by atoms with Crippen molar-refractivity contribution < 1.29 is 14.7 Å². The monoisotopic (exact) mass is 330 g/mol. The van der Waals surface area contributed by atoms with E-state index in [0.29, 0.717) is 11.4 Å². The van der Waals surface area contributed by atoms with Crippen LogP contribution in [0.3, 0.4) is 0 Å². The van der Waals surface area contributed by atoms with Gasteiger partial charge < -0.3 is 5.11 Å². The molecule has 3 nitrogen and oxygen atoms in total. The summed E-state index contributed by atoms with van der Waals surface area (Å²) in [5.74, 6) is -0.928. The predicted octanol–water partition coefficient (Wildman–Crippen LogP) is 4.27. The lowest BCUT2D eigenvalue weighted by Crippen LogP contribution is -2.37. The van der Waals surface area contributed by atoms with Gasteiger partial charge in [0, 0.05) is 11.4 Å². The molecule has 0 aliphatic carbocycles. The van der Waals surface area contributed by atoms with Crippen molar-refractivity contribution in [3.05, 3.63) is 70.7 Å². The summed E-state index contributed by atoms with van der Waals surface area (Å²) >= 11 is 5.92. The third-order valence-electron chi connectivity index (χ3n) is 4.19. The van der Waals surface area contributed by atoms with Gasteiger partial charge in [-0.2, -0.15) is 0 Å². The van der Waals surface area contributed by atoms with Gasteiger partial charge in [0.05, 0.1) is 5.41 Å². The van der Waals surface area contributed by atoms with E-state index in [4.69, 9.17) is 16.7 Å². The molecule has 0 amide bonds. The number of hydrogen-bond acceptors (Lipinski definition) is 2. The Hall–Kier alpha value is -2.13. The third kappa shape index (κ3) is 4.20. The maximum Gasteiger partial charge on any atom is 0.303 e. The number of ketones is 1. The molecule has 0 saturated carbocycles. The number of hydrogen-bond donors (Lipinski definition) is 1. The molecule has 2 aromatic carbocycles. The molecule has 0 aliphatic rings. The molecule has 2 rings (SSSR count). The van der Waals surface area contributed by atoms with Gasteiger partial charge in [-0.3, -0.25) is 9.59 Å². The minimum atomic E-state index is -0.900. The van der Waals surface area contributed by atoms with E-state index in [1.54, 1.807) is 12.1 Å². The molecule has 4 heteroatoms. The molecule has 1 atom stereocenters. The highest BCUT2D eigenvalue weighted by atomic mass is 35.5. The Kier molecular flexibility index (Phi) is 5.56. The first-order valence-electron chi connectivity index (χ1n) is 7.47. The topological polar surface area (TPSA) is 54.4 Å². The molecule has 0 bridgehead atoms. The lowest BCUT2D eigenvalue weighted by Gasteiger charge is -2.32. The summed E-state index contributed by atoms with van der Waals surface area (Å²) in [5.41, 5.74) is 0.968. The predicted molar refractivity (Wildman–Crippen MR) is 90.8 cm³/mol. The van der Waals surface area contributed by atoms with Gasteiger partial charge in [0.15, 0.2) is 0 Å². The van der Waals surface area contributed by atoms with Gasteiger partial charge in [-0.05, 0) is 43.0 Å². The highest BCUT2D eigenvalue weighted by Crippen LogP contribution is 2.35. The molecule has 120 valence electrons. The van der Waals surface area contributed by atoms with Gasteiger partial charge in [0.1, 0.15) is 5.78 Å². The molecule has 0 heterocycles. The van der Waals surface area contributed by atoms with Crippen molar-refractivity contribution in [2.24, 2.45) is 0 Å². The number of carbonyl (C=O) groups excluding carboxylic acids is 1. The molecule has 1 N–H and O–H groups in total. The molecular formula is C19H19ClO3. The van der Waals surface area contributed by atoms with E-state index in [9.17, 15) is 9.59 Å². The maximum atomic E-state index is 12.5. The summed E-state index contributed by atoms with van der Waals surface area (Å²) in [6, 6.07) is 16.7. The fourth-order valence-corrected chi connectivity index (χ4v) is 2.99. The van der Waals surface area contributed by atoms with Crippen LogP contribution in [0, 0.1) is 0 Å². The Bertz CT molecular complexity index is 680. The number of carbonyl (C=O) groups is 2. The SMILES string of the molecule is CC(=O)C(CCC(=O)O)(Cc1ccc(Cl)cc1)c1ccccc1. The molecule has 0 fully saturated rings. The second kappa shape index (κ2) is 7.42. The van der Waals surface area contributed by atoms with Gasteiger partial charge in [0.25, 0.3) is 0 Å². The molecule has 1 unspecified atom stereocenters. The Labute approximate surface area is 140 Å². The van der Waals surface area contributed by atoms with Crippen molar-refractivity contribution in [2.45, 2.75) is 31.6 Å². The van der Waals surface area contributed by atoms with Gasteiger partial charge >= 0.3 is 5.97 Å². The number of halogens is 1. The van der Waals surface area contributed by atoms with Crippen LogP contribution in [0.5, 0.6) is 0 Å². The summed E-state index contributed by atoms with van der Waals surface area (Å²) in [4.78, 5) is 23.6. The smallest absolute Gasteiger partial charge is 0.303 e. The van der Waals surface area contributed by atoms with E-state index in [1.807, 2.05) is 42.5 Å². The molecule has 2 aromatic rings. The van der Waals surface area contributed by atoms with Gasteiger partial charge in [-0.1, -0.05) is 54.1 Å². The quantitative estimate of drug-likeness (QED) is 0.824. The van der Waals surface area contributed by atoms with Gasteiger partial charge in [-0.15, -0.1) is 0 Å². The van der Waals surface area contributed by atoms with Crippen LogP contribution < -0.4 is 0 Å². The number of carboxylic acid groups (broad SMARTS) is 1. The van der Waals surface area contributed by atoms with Crippen molar-refractivity contribution in [1.29, 1.82) is 0 Å². The minimum Gasteiger partial charge on any atom is -0.481 e. The highest BCUT2D eigenvalue weighted by Gasteiger charge is 2.37. The zero-order valence-electron chi connectivity index (χ0n) is 13.0. The number of aliphatic carboxylic acids is 1. The zero-order chi connectivity index (χ0) is 16.9. The maximum absolute atomic E-state index is 12.5. The molecule has 23 heavy (non-hydrogen) atoms.